The second-order valence-corrected chi connectivity index (χ2v) is 4.54. The van der Waals surface area contributed by atoms with Gasteiger partial charge in [0.15, 0.2) is 0 Å². The van der Waals surface area contributed by atoms with E-state index < -0.39 is 5.54 Å². The Morgan fingerprint density at radius 1 is 1.53 bits per heavy atom. The fraction of sp³-hybridized carbons (Fsp3) is 0.462. The molecule has 0 aliphatic carbocycles. The number of nitriles is 1. The van der Waals surface area contributed by atoms with Gasteiger partial charge in [-0.05, 0) is 25.1 Å². The van der Waals surface area contributed by atoms with Crippen LogP contribution in [0.4, 0.5) is 10.1 Å². The van der Waals surface area contributed by atoms with Crippen LogP contribution in [0.25, 0.3) is 0 Å². The van der Waals surface area contributed by atoms with E-state index in [-0.39, 0.29) is 11.7 Å². The molecule has 1 aliphatic heterocycles. The van der Waals surface area contributed by atoms with Crippen LogP contribution in [-0.2, 0) is 0 Å². The Labute approximate surface area is 101 Å². The Hall–Kier alpha value is -1.60. The lowest BCUT2D eigenvalue weighted by molar-refractivity contribution is 0.303. The monoisotopic (exact) mass is 233 g/mol. The molecule has 0 aromatic heterocycles. The van der Waals surface area contributed by atoms with Crippen molar-refractivity contribution in [2.24, 2.45) is 5.92 Å². The highest BCUT2D eigenvalue weighted by Gasteiger charge is 2.38. The van der Waals surface area contributed by atoms with Gasteiger partial charge in [-0.25, -0.2) is 4.39 Å². The van der Waals surface area contributed by atoms with Gasteiger partial charge in [-0.2, -0.15) is 5.26 Å². The zero-order chi connectivity index (χ0) is 12.3. The van der Waals surface area contributed by atoms with Crippen molar-refractivity contribution in [3.63, 3.8) is 0 Å². The van der Waals surface area contributed by atoms with Crippen LogP contribution in [0.15, 0.2) is 24.3 Å². The zero-order valence-corrected chi connectivity index (χ0v) is 9.83. The summed E-state index contributed by atoms with van der Waals surface area (Å²) in [5, 5.41) is 15.7. The van der Waals surface area contributed by atoms with Gasteiger partial charge in [-0.1, -0.05) is 19.1 Å². The molecule has 1 aliphatic rings. The lowest BCUT2D eigenvalue weighted by Gasteiger charge is -2.38. The van der Waals surface area contributed by atoms with Crippen LogP contribution in [0.3, 0.4) is 0 Å². The lowest BCUT2D eigenvalue weighted by atomic mass is 9.80. The van der Waals surface area contributed by atoms with E-state index in [0.29, 0.717) is 12.1 Å². The van der Waals surface area contributed by atoms with Crippen LogP contribution in [0.2, 0.25) is 0 Å². The van der Waals surface area contributed by atoms with Gasteiger partial charge in [0.1, 0.15) is 11.4 Å². The summed E-state index contributed by atoms with van der Waals surface area (Å²) in [6.07, 6.45) is 0.680. The van der Waals surface area contributed by atoms with Gasteiger partial charge < -0.3 is 10.6 Å². The number of hydrogen-bond acceptors (Lipinski definition) is 3. The first kappa shape index (κ1) is 11.9. The van der Waals surface area contributed by atoms with Crippen LogP contribution in [0.1, 0.15) is 13.3 Å². The Bertz CT molecular complexity index is 441. The third-order valence-electron chi connectivity index (χ3n) is 3.42. The summed E-state index contributed by atoms with van der Waals surface area (Å²) >= 11 is 0. The summed E-state index contributed by atoms with van der Waals surface area (Å²) in [6.45, 7) is 3.55. The van der Waals surface area contributed by atoms with E-state index in [0.717, 1.165) is 13.1 Å². The largest absolute Gasteiger partial charge is 0.365 e. The predicted octanol–water partition coefficient (Wildman–Crippen LogP) is 2.13. The minimum Gasteiger partial charge on any atom is -0.365 e. The maximum Gasteiger partial charge on any atom is 0.146 e. The van der Waals surface area contributed by atoms with E-state index in [1.165, 1.54) is 6.07 Å². The average Bonchev–Trinajstić information content (AvgIpc) is 2.35. The number of halogens is 1. The molecule has 2 atom stereocenters. The first-order valence-electron chi connectivity index (χ1n) is 5.82. The summed E-state index contributed by atoms with van der Waals surface area (Å²) in [6, 6.07) is 8.81. The van der Waals surface area contributed by atoms with E-state index in [1.54, 1.807) is 18.2 Å². The number of nitrogens with one attached hydrogen (secondary N) is 2. The molecule has 2 unspecified atom stereocenters. The normalized spacial score (nSPS) is 28.4. The number of para-hydroxylation sites is 1. The SMILES string of the molecule is CC1CNCCC1(C#N)Nc1ccccc1F. The first-order chi connectivity index (χ1) is 8.18. The zero-order valence-electron chi connectivity index (χ0n) is 9.83. The van der Waals surface area contributed by atoms with E-state index >= 15 is 0 Å². The van der Waals surface area contributed by atoms with Crippen LogP contribution in [0, 0.1) is 23.1 Å². The van der Waals surface area contributed by atoms with Crippen molar-refractivity contribution in [2.45, 2.75) is 18.9 Å². The van der Waals surface area contributed by atoms with E-state index in [1.807, 2.05) is 6.92 Å². The smallest absolute Gasteiger partial charge is 0.146 e. The molecule has 2 N–H and O–H groups in total. The minimum atomic E-state index is -0.673. The molecule has 90 valence electrons. The molecule has 0 spiro atoms. The van der Waals surface area contributed by atoms with Crippen molar-refractivity contribution >= 4 is 5.69 Å². The van der Waals surface area contributed by atoms with Crippen LogP contribution >= 0.6 is 0 Å². The third-order valence-corrected chi connectivity index (χ3v) is 3.42. The van der Waals surface area contributed by atoms with Gasteiger partial charge in [0.05, 0.1) is 11.8 Å². The molecule has 4 heteroatoms. The molecule has 1 heterocycles. The van der Waals surface area contributed by atoms with Crippen molar-refractivity contribution in [1.82, 2.24) is 5.32 Å². The van der Waals surface area contributed by atoms with Crippen molar-refractivity contribution in [1.29, 1.82) is 5.26 Å². The number of hydrogen-bond donors (Lipinski definition) is 2. The lowest BCUT2D eigenvalue weighted by Crippen LogP contribution is -2.53. The van der Waals surface area contributed by atoms with Gasteiger partial charge in [0.25, 0.3) is 0 Å². The second kappa shape index (κ2) is 4.72. The summed E-state index contributed by atoms with van der Waals surface area (Å²) < 4.78 is 13.6. The van der Waals surface area contributed by atoms with Crippen molar-refractivity contribution in [3.8, 4) is 6.07 Å². The van der Waals surface area contributed by atoms with Gasteiger partial charge in [-0.15, -0.1) is 0 Å². The summed E-state index contributed by atoms with van der Waals surface area (Å²) in [4.78, 5) is 0. The number of piperidine rings is 1. The summed E-state index contributed by atoms with van der Waals surface area (Å²) in [7, 11) is 0. The Balaban J connectivity index is 2.26. The van der Waals surface area contributed by atoms with E-state index in [9.17, 15) is 9.65 Å². The van der Waals surface area contributed by atoms with Gasteiger partial charge in [0, 0.05) is 12.5 Å². The first-order valence-corrected chi connectivity index (χ1v) is 5.82. The highest BCUT2D eigenvalue weighted by Crippen LogP contribution is 2.29. The predicted molar refractivity (Wildman–Crippen MR) is 65.0 cm³/mol. The number of rotatable bonds is 2. The minimum absolute atomic E-state index is 0.140. The molecule has 1 aromatic rings. The number of anilines is 1. The molecule has 1 fully saturated rings. The molecule has 3 nitrogen and oxygen atoms in total. The molecular weight excluding hydrogens is 217 g/mol. The molecule has 17 heavy (non-hydrogen) atoms. The Kier molecular flexibility index (Phi) is 3.30. The third kappa shape index (κ3) is 2.25. The number of nitrogens with zero attached hydrogens (tertiary/aromatic N) is 1. The molecular formula is C13H16FN3. The number of benzene rings is 1. The fourth-order valence-corrected chi connectivity index (χ4v) is 2.21. The maximum atomic E-state index is 13.6. The van der Waals surface area contributed by atoms with Gasteiger partial charge >= 0.3 is 0 Å². The Morgan fingerprint density at radius 2 is 2.29 bits per heavy atom. The summed E-state index contributed by atoms with van der Waals surface area (Å²) in [5.74, 6) is -0.172. The van der Waals surface area contributed by atoms with Crippen molar-refractivity contribution < 1.29 is 4.39 Å². The van der Waals surface area contributed by atoms with Gasteiger partial charge in [0.2, 0.25) is 0 Å². The summed E-state index contributed by atoms with van der Waals surface area (Å²) in [5.41, 5.74) is -0.268. The molecule has 1 saturated heterocycles. The molecule has 0 radical (unpaired) electrons. The van der Waals surface area contributed by atoms with Crippen molar-refractivity contribution in [2.75, 3.05) is 18.4 Å². The molecule has 1 aromatic carbocycles. The van der Waals surface area contributed by atoms with E-state index in [4.69, 9.17) is 0 Å². The molecule has 0 amide bonds. The quantitative estimate of drug-likeness (QED) is 0.822. The Morgan fingerprint density at radius 3 is 2.94 bits per heavy atom. The standard InChI is InChI=1S/C13H16FN3/c1-10-8-16-7-6-13(10,9-15)17-12-5-3-2-4-11(12)14/h2-5,10,16-17H,6-8H2,1H3. The van der Waals surface area contributed by atoms with Crippen LogP contribution in [0.5, 0.6) is 0 Å². The van der Waals surface area contributed by atoms with Crippen LogP contribution in [-0.4, -0.2) is 18.6 Å². The highest BCUT2D eigenvalue weighted by molar-refractivity contribution is 5.49. The molecule has 0 bridgehead atoms. The molecule has 2 rings (SSSR count). The topological polar surface area (TPSA) is 47.9 Å². The maximum absolute atomic E-state index is 13.6. The van der Waals surface area contributed by atoms with E-state index in [2.05, 4.69) is 16.7 Å². The average molecular weight is 233 g/mol. The molecule has 0 saturated carbocycles. The fourth-order valence-electron chi connectivity index (χ4n) is 2.21. The highest BCUT2D eigenvalue weighted by atomic mass is 19.1. The van der Waals surface area contributed by atoms with Crippen molar-refractivity contribution in [3.05, 3.63) is 30.1 Å². The van der Waals surface area contributed by atoms with Gasteiger partial charge in [-0.3, -0.25) is 0 Å². The second-order valence-electron chi connectivity index (χ2n) is 4.54. The van der Waals surface area contributed by atoms with Crippen LogP contribution < -0.4 is 10.6 Å².